The number of guanidine groups is 1. The second kappa shape index (κ2) is 11.8. The van der Waals surface area contributed by atoms with Gasteiger partial charge in [-0.25, -0.2) is 0 Å². The van der Waals surface area contributed by atoms with Gasteiger partial charge in [-0.15, -0.1) is 0 Å². The van der Waals surface area contributed by atoms with Crippen LogP contribution in [0.4, 0.5) is 0 Å². The summed E-state index contributed by atoms with van der Waals surface area (Å²) in [6.45, 7) is 10.3. The Morgan fingerprint density at radius 3 is 2.67 bits per heavy atom. The minimum absolute atomic E-state index is 0.101. The van der Waals surface area contributed by atoms with Crippen LogP contribution in [0.5, 0.6) is 5.75 Å². The van der Waals surface area contributed by atoms with Gasteiger partial charge in [0.15, 0.2) is 5.96 Å². The Labute approximate surface area is 164 Å². The number of benzene rings is 1. The molecule has 0 spiro atoms. The van der Waals surface area contributed by atoms with Gasteiger partial charge in [-0.05, 0) is 51.8 Å². The fourth-order valence-corrected chi connectivity index (χ4v) is 3.13. The Morgan fingerprint density at radius 1 is 1.30 bits per heavy atom. The van der Waals surface area contributed by atoms with Gasteiger partial charge < -0.3 is 25.0 Å². The molecule has 0 aromatic heterocycles. The highest BCUT2D eigenvalue weighted by atomic mass is 16.5. The minimum atomic E-state index is -0.101. The van der Waals surface area contributed by atoms with E-state index in [0.717, 1.165) is 70.2 Å². The van der Waals surface area contributed by atoms with Crippen molar-refractivity contribution in [2.24, 2.45) is 4.99 Å². The van der Waals surface area contributed by atoms with Gasteiger partial charge in [-0.2, -0.15) is 0 Å². The van der Waals surface area contributed by atoms with E-state index in [0.29, 0.717) is 6.61 Å². The highest BCUT2D eigenvalue weighted by Gasteiger charge is 2.16. The van der Waals surface area contributed by atoms with E-state index in [2.05, 4.69) is 41.1 Å². The van der Waals surface area contributed by atoms with E-state index in [9.17, 15) is 5.11 Å². The van der Waals surface area contributed by atoms with Gasteiger partial charge in [0.1, 0.15) is 12.4 Å². The lowest BCUT2D eigenvalue weighted by atomic mass is 10.1. The average Bonchev–Trinajstić information content (AvgIpc) is 2.67. The van der Waals surface area contributed by atoms with Crippen molar-refractivity contribution in [3.05, 3.63) is 29.8 Å². The van der Waals surface area contributed by atoms with Gasteiger partial charge >= 0.3 is 0 Å². The van der Waals surface area contributed by atoms with Crippen LogP contribution in [0.1, 0.15) is 31.7 Å². The molecule has 0 atom stereocenters. The van der Waals surface area contributed by atoms with Crippen LogP contribution in [-0.2, 0) is 0 Å². The van der Waals surface area contributed by atoms with Gasteiger partial charge in [-0.1, -0.05) is 17.7 Å². The first-order valence-corrected chi connectivity index (χ1v) is 10.2. The molecule has 0 bridgehead atoms. The zero-order valence-electron chi connectivity index (χ0n) is 17.2. The van der Waals surface area contributed by atoms with Crippen LogP contribution in [-0.4, -0.2) is 79.9 Å². The highest BCUT2D eigenvalue weighted by Crippen LogP contribution is 2.11. The Kier molecular flexibility index (Phi) is 9.42. The Hall–Kier alpha value is -1.79. The summed E-state index contributed by atoms with van der Waals surface area (Å²) in [6.07, 6.45) is 2.74. The molecule has 1 aliphatic rings. The molecule has 0 amide bonds. The average molecular weight is 377 g/mol. The summed E-state index contributed by atoms with van der Waals surface area (Å²) in [7, 11) is 2.05. The third-order valence-electron chi connectivity index (χ3n) is 4.86. The van der Waals surface area contributed by atoms with Crippen LogP contribution in [0.25, 0.3) is 0 Å². The number of nitrogens with zero attached hydrogens (tertiary/aromatic N) is 3. The number of aliphatic imine (C=N–C) groups is 1. The third kappa shape index (κ3) is 8.18. The number of nitrogens with one attached hydrogen (secondary N) is 1. The van der Waals surface area contributed by atoms with Crippen molar-refractivity contribution in [1.82, 2.24) is 15.1 Å². The third-order valence-corrected chi connectivity index (χ3v) is 4.86. The van der Waals surface area contributed by atoms with Crippen molar-refractivity contribution in [2.75, 3.05) is 52.9 Å². The van der Waals surface area contributed by atoms with Gasteiger partial charge in [0.05, 0.1) is 12.6 Å². The van der Waals surface area contributed by atoms with Crippen LogP contribution in [0.2, 0.25) is 0 Å². The molecule has 1 aliphatic heterocycles. The molecule has 6 heteroatoms. The Bertz CT molecular complexity index is 554. The predicted octanol–water partition coefficient (Wildman–Crippen LogP) is 2.12. The zero-order valence-corrected chi connectivity index (χ0v) is 17.2. The van der Waals surface area contributed by atoms with Crippen molar-refractivity contribution < 1.29 is 9.84 Å². The van der Waals surface area contributed by atoms with E-state index in [4.69, 9.17) is 9.73 Å². The van der Waals surface area contributed by atoms with E-state index in [1.165, 1.54) is 5.56 Å². The van der Waals surface area contributed by atoms with E-state index < -0.39 is 0 Å². The van der Waals surface area contributed by atoms with Crippen molar-refractivity contribution in [3.8, 4) is 5.75 Å². The van der Waals surface area contributed by atoms with E-state index in [-0.39, 0.29) is 6.10 Å². The molecule has 0 radical (unpaired) electrons. The molecule has 1 saturated heterocycles. The molecule has 0 unspecified atom stereocenters. The quantitative estimate of drug-likeness (QED) is 0.393. The second-order valence-corrected chi connectivity index (χ2v) is 7.25. The molecule has 2 N–H and O–H groups in total. The number of hydrogen-bond donors (Lipinski definition) is 2. The summed E-state index contributed by atoms with van der Waals surface area (Å²) in [6, 6.07) is 8.14. The summed E-state index contributed by atoms with van der Waals surface area (Å²) in [5.74, 6) is 1.83. The molecule has 0 aliphatic carbocycles. The summed E-state index contributed by atoms with van der Waals surface area (Å²) < 4.78 is 5.82. The lowest BCUT2D eigenvalue weighted by molar-refractivity contribution is 0.0824. The van der Waals surface area contributed by atoms with Crippen molar-refractivity contribution in [3.63, 3.8) is 0 Å². The van der Waals surface area contributed by atoms with Crippen molar-refractivity contribution in [2.45, 2.75) is 39.2 Å². The molecule has 1 fully saturated rings. The summed E-state index contributed by atoms with van der Waals surface area (Å²) in [5.41, 5.74) is 1.24. The zero-order chi connectivity index (χ0) is 19.5. The maximum atomic E-state index is 9.57. The maximum Gasteiger partial charge on any atom is 0.193 e. The summed E-state index contributed by atoms with van der Waals surface area (Å²) in [5, 5.41) is 12.9. The van der Waals surface area contributed by atoms with Gasteiger partial charge in [0.2, 0.25) is 0 Å². The maximum absolute atomic E-state index is 9.57. The van der Waals surface area contributed by atoms with Crippen LogP contribution in [0.15, 0.2) is 29.3 Å². The highest BCUT2D eigenvalue weighted by molar-refractivity contribution is 5.79. The molecular weight excluding hydrogens is 340 g/mol. The number of likely N-dealkylation sites (N-methyl/N-ethyl adjacent to an activating group) is 1. The number of hydrogen-bond acceptors (Lipinski definition) is 4. The molecule has 2 rings (SSSR count). The van der Waals surface area contributed by atoms with E-state index >= 15 is 0 Å². The molecule has 0 saturated carbocycles. The number of ether oxygens (including phenoxy) is 1. The minimum Gasteiger partial charge on any atom is -0.492 e. The second-order valence-electron chi connectivity index (χ2n) is 7.25. The monoisotopic (exact) mass is 376 g/mol. The smallest absolute Gasteiger partial charge is 0.193 e. The fourth-order valence-electron chi connectivity index (χ4n) is 3.13. The van der Waals surface area contributed by atoms with Gasteiger partial charge in [0.25, 0.3) is 0 Å². The molecule has 1 aromatic rings. The summed E-state index contributed by atoms with van der Waals surface area (Å²) in [4.78, 5) is 9.29. The number of piperidine rings is 1. The number of aryl methyl sites for hydroxylation is 1. The Morgan fingerprint density at radius 2 is 2.00 bits per heavy atom. The van der Waals surface area contributed by atoms with Crippen LogP contribution >= 0.6 is 0 Å². The number of likely N-dealkylation sites (tertiary alicyclic amines) is 1. The van der Waals surface area contributed by atoms with Crippen molar-refractivity contribution >= 4 is 5.96 Å². The first-order chi connectivity index (χ1) is 13.1. The largest absolute Gasteiger partial charge is 0.492 e. The predicted molar refractivity (Wildman–Crippen MR) is 112 cm³/mol. The van der Waals surface area contributed by atoms with Crippen molar-refractivity contribution in [1.29, 1.82) is 0 Å². The van der Waals surface area contributed by atoms with E-state index in [1.807, 2.05) is 19.2 Å². The summed E-state index contributed by atoms with van der Waals surface area (Å²) >= 11 is 0. The van der Waals surface area contributed by atoms with Crippen LogP contribution < -0.4 is 10.1 Å². The molecule has 1 aromatic carbocycles. The van der Waals surface area contributed by atoms with Crippen LogP contribution in [0, 0.1) is 6.92 Å². The molecule has 152 valence electrons. The lowest BCUT2D eigenvalue weighted by Gasteiger charge is -2.29. The fraction of sp³-hybridized carbons (Fsp3) is 0.667. The normalized spacial score (nSPS) is 16.4. The Balaban J connectivity index is 1.69. The van der Waals surface area contributed by atoms with E-state index in [1.54, 1.807) is 0 Å². The molecule has 1 heterocycles. The first-order valence-electron chi connectivity index (χ1n) is 10.2. The first kappa shape index (κ1) is 21.5. The van der Waals surface area contributed by atoms with Gasteiger partial charge in [0, 0.05) is 33.2 Å². The number of rotatable bonds is 9. The number of aliphatic hydroxyl groups is 1. The SMILES string of the molecule is CCNC(=NCCCN1CCC(O)CC1)N(C)CCOc1ccc(C)cc1. The molecule has 27 heavy (non-hydrogen) atoms. The topological polar surface area (TPSA) is 60.3 Å². The molecular formula is C21H36N4O2. The standard InChI is InChI=1S/C21H36N4O2/c1-4-22-21(23-12-5-13-25-14-10-19(26)11-15-25)24(3)16-17-27-20-8-6-18(2)7-9-20/h6-9,19,26H,4-5,10-17H2,1-3H3,(H,22,23). The lowest BCUT2D eigenvalue weighted by Crippen LogP contribution is -2.41. The van der Waals surface area contributed by atoms with Crippen LogP contribution in [0.3, 0.4) is 0 Å². The molecule has 6 nitrogen and oxygen atoms in total. The number of aliphatic hydroxyl groups excluding tert-OH is 1. The van der Waals surface area contributed by atoms with Gasteiger partial charge in [-0.3, -0.25) is 4.99 Å².